The summed E-state index contributed by atoms with van der Waals surface area (Å²) in [5.74, 6) is 5.96. The van der Waals surface area contributed by atoms with Gasteiger partial charge in [-0.25, -0.2) is 0 Å². The predicted octanol–water partition coefficient (Wildman–Crippen LogP) is 2.34. The topological polar surface area (TPSA) is 49.3 Å². The van der Waals surface area contributed by atoms with Gasteiger partial charge in [0.1, 0.15) is 6.61 Å². The second-order valence-electron chi connectivity index (χ2n) is 5.38. The molecule has 1 aliphatic carbocycles. The van der Waals surface area contributed by atoms with Crippen LogP contribution >= 0.6 is 0 Å². The van der Waals surface area contributed by atoms with E-state index in [1.807, 2.05) is 12.1 Å². The smallest absolute Gasteiger partial charge is 0.251 e. The molecule has 0 heterocycles. The molecule has 0 bridgehead atoms. The number of hydrogen-bond donors (Lipinski definition) is 2. The van der Waals surface area contributed by atoms with E-state index in [2.05, 4.69) is 24.1 Å². The number of aliphatic hydroxyl groups is 1. The average molecular weight is 271 g/mol. The van der Waals surface area contributed by atoms with Gasteiger partial charge in [-0.2, -0.15) is 0 Å². The molecule has 2 unspecified atom stereocenters. The van der Waals surface area contributed by atoms with E-state index < -0.39 is 0 Å². The molecule has 2 atom stereocenters. The SMILES string of the molecule is CC1CCCCC1NC(=O)c1ccc(C#CCO)cc1. The fourth-order valence-electron chi connectivity index (χ4n) is 2.63. The lowest BCUT2D eigenvalue weighted by molar-refractivity contribution is 0.0910. The van der Waals surface area contributed by atoms with E-state index in [4.69, 9.17) is 5.11 Å². The lowest BCUT2D eigenvalue weighted by Crippen LogP contribution is -2.41. The van der Waals surface area contributed by atoms with Gasteiger partial charge >= 0.3 is 0 Å². The third-order valence-corrected chi connectivity index (χ3v) is 3.89. The third-order valence-electron chi connectivity index (χ3n) is 3.89. The quantitative estimate of drug-likeness (QED) is 0.811. The van der Waals surface area contributed by atoms with E-state index in [0.717, 1.165) is 12.0 Å². The van der Waals surface area contributed by atoms with Gasteiger partial charge in [0, 0.05) is 17.2 Å². The Hall–Kier alpha value is -1.79. The summed E-state index contributed by atoms with van der Waals surface area (Å²) in [6.45, 7) is 2.06. The molecule has 1 amide bonds. The summed E-state index contributed by atoms with van der Waals surface area (Å²) in [5.41, 5.74) is 1.47. The molecule has 2 N–H and O–H groups in total. The molecular weight excluding hydrogens is 250 g/mol. The summed E-state index contributed by atoms with van der Waals surface area (Å²) in [6.07, 6.45) is 4.74. The standard InChI is InChI=1S/C17H21NO2/c1-13-5-2-3-7-16(13)18-17(20)15-10-8-14(9-11-15)6-4-12-19/h8-11,13,16,19H,2-3,5,7,12H2,1H3,(H,18,20). The van der Waals surface area contributed by atoms with Gasteiger partial charge in [0.25, 0.3) is 5.91 Å². The molecule has 1 aliphatic rings. The summed E-state index contributed by atoms with van der Waals surface area (Å²) in [6, 6.07) is 7.48. The minimum absolute atomic E-state index is 0.00887. The molecule has 3 heteroatoms. The highest BCUT2D eigenvalue weighted by Crippen LogP contribution is 2.24. The minimum atomic E-state index is -0.151. The van der Waals surface area contributed by atoms with E-state index in [-0.39, 0.29) is 12.5 Å². The number of carbonyl (C=O) groups is 1. The maximum Gasteiger partial charge on any atom is 0.251 e. The highest BCUT2D eigenvalue weighted by Gasteiger charge is 2.23. The van der Waals surface area contributed by atoms with Gasteiger partial charge in [0.05, 0.1) is 0 Å². The van der Waals surface area contributed by atoms with Crippen LogP contribution < -0.4 is 5.32 Å². The summed E-state index contributed by atoms with van der Waals surface area (Å²) in [7, 11) is 0. The molecule has 0 aromatic heterocycles. The Kier molecular flexibility index (Phi) is 5.20. The van der Waals surface area contributed by atoms with Crippen molar-refractivity contribution in [1.82, 2.24) is 5.32 Å². The molecule has 1 fully saturated rings. The first-order chi connectivity index (χ1) is 9.70. The zero-order valence-electron chi connectivity index (χ0n) is 11.9. The number of carbonyl (C=O) groups excluding carboxylic acids is 1. The Morgan fingerprint density at radius 2 is 2.00 bits per heavy atom. The van der Waals surface area contributed by atoms with Crippen molar-refractivity contribution in [2.45, 2.75) is 38.6 Å². The van der Waals surface area contributed by atoms with Gasteiger partial charge in [-0.15, -0.1) is 0 Å². The fraction of sp³-hybridized carbons (Fsp3) is 0.471. The second-order valence-corrected chi connectivity index (χ2v) is 5.38. The molecule has 0 radical (unpaired) electrons. The first-order valence-corrected chi connectivity index (χ1v) is 7.21. The molecule has 0 saturated heterocycles. The van der Waals surface area contributed by atoms with Gasteiger partial charge < -0.3 is 10.4 Å². The van der Waals surface area contributed by atoms with Crippen molar-refractivity contribution < 1.29 is 9.90 Å². The van der Waals surface area contributed by atoms with Crippen LogP contribution in [0.1, 0.15) is 48.5 Å². The maximum atomic E-state index is 12.2. The van der Waals surface area contributed by atoms with Gasteiger partial charge in [0.2, 0.25) is 0 Å². The monoisotopic (exact) mass is 271 g/mol. The minimum Gasteiger partial charge on any atom is -0.384 e. The van der Waals surface area contributed by atoms with Crippen LogP contribution in [0.3, 0.4) is 0 Å². The van der Waals surface area contributed by atoms with Crippen LogP contribution in [0.25, 0.3) is 0 Å². The maximum absolute atomic E-state index is 12.2. The predicted molar refractivity (Wildman–Crippen MR) is 79.3 cm³/mol. The Labute approximate surface area is 120 Å². The van der Waals surface area contributed by atoms with E-state index in [1.54, 1.807) is 12.1 Å². The first kappa shape index (κ1) is 14.6. The summed E-state index contributed by atoms with van der Waals surface area (Å²) < 4.78 is 0. The summed E-state index contributed by atoms with van der Waals surface area (Å²) in [4.78, 5) is 12.2. The Balaban J connectivity index is 1.98. The van der Waals surface area contributed by atoms with Crippen LogP contribution in [0.5, 0.6) is 0 Å². The first-order valence-electron chi connectivity index (χ1n) is 7.21. The zero-order chi connectivity index (χ0) is 14.4. The lowest BCUT2D eigenvalue weighted by atomic mass is 9.86. The van der Waals surface area contributed by atoms with Crippen LogP contribution in [0, 0.1) is 17.8 Å². The number of rotatable bonds is 2. The van der Waals surface area contributed by atoms with Gasteiger partial charge in [-0.3, -0.25) is 4.79 Å². The van der Waals surface area contributed by atoms with Crippen molar-refractivity contribution in [1.29, 1.82) is 0 Å². The number of amides is 1. The molecular formula is C17H21NO2. The molecule has 106 valence electrons. The van der Waals surface area contributed by atoms with Crippen LogP contribution in [0.15, 0.2) is 24.3 Å². The van der Waals surface area contributed by atoms with E-state index in [1.165, 1.54) is 19.3 Å². The zero-order valence-corrected chi connectivity index (χ0v) is 11.9. The number of hydrogen-bond acceptors (Lipinski definition) is 2. The normalized spacial score (nSPS) is 21.7. The Morgan fingerprint density at radius 1 is 1.30 bits per heavy atom. The molecule has 1 aromatic carbocycles. The molecule has 1 saturated carbocycles. The fourth-order valence-corrected chi connectivity index (χ4v) is 2.63. The van der Waals surface area contributed by atoms with Crippen molar-refractivity contribution in [3.05, 3.63) is 35.4 Å². The van der Waals surface area contributed by atoms with Crippen LogP contribution in [0.4, 0.5) is 0 Å². The van der Waals surface area contributed by atoms with Gasteiger partial charge in [0.15, 0.2) is 0 Å². The number of benzene rings is 1. The van der Waals surface area contributed by atoms with Gasteiger partial charge in [-0.1, -0.05) is 31.6 Å². The van der Waals surface area contributed by atoms with Gasteiger partial charge in [-0.05, 0) is 43.0 Å². The van der Waals surface area contributed by atoms with Crippen molar-refractivity contribution in [2.24, 2.45) is 5.92 Å². The molecule has 0 spiro atoms. The molecule has 20 heavy (non-hydrogen) atoms. The molecule has 3 nitrogen and oxygen atoms in total. The highest BCUT2D eigenvalue weighted by molar-refractivity contribution is 5.94. The average Bonchev–Trinajstić information content (AvgIpc) is 2.48. The molecule has 1 aromatic rings. The van der Waals surface area contributed by atoms with Crippen molar-refractivity contribution >= 4 is 5.91 Å². The summed E-state index contributed by atoms with van der Waals surface area (Å²) >= 11 is 0. The third kappa shape index (κ3) is 3.85. The van der Waals surface area contributed by atoms with Crippen molar-refractivity contribution in [3.63, 3.8) is 0 Å². The highest BCUT2D eigenvalue weighted by atomic mass is 16.2. The van der Waals surface area contributed by atoms with E-state index >= 15 is 0 Å². The van der Waals surface area contributed by atoms with E-state index in [0.29, 0.717) is 17.5 Å². The molecule has 2 rings (SSSR count). The van der Waals surface area contributed by atoms with E-state index in [9.17, 15) is 4.79 Å². The van der Waals surface area contributed by atoms with Crippen LogP contribution in [0.2, 0.25) is 0 Å². The largest absolute Gasteiger partial charge is 0.384 e. The van der Waals surface area contributed by atoms with Crippen molar-refractivity contribution in [2.75, 3.05) is 6.61 Å². The second kappa shape index (κ2) is 7.12. The Morgan fingerprint density at radius 3 is 2.65 bits per heavy atom. The van der Waals surface area contributed by atoms with Crippen LogP contribution in [-0.4, -0.2) is 23.7 Å². The summed E-state index contributed by atoms with van der Waals surface area (Å²) in [5, 5.41) is 11.8. The Bertz CT molecular complexity index is 510. The van der Waals surface area contributed by atoms with Crippen molar-refractivity contribution in [3.8, 4) is 11.8 Å². The van der Waals surface area contributed by atoms with Crippen LogP contribution in [-0.2, 0) is 0 Å². The lowest BCUT2D eigenvalue weighted by Gasteiger charge is -2.29. The molecule has 0 aliphatic heterocycles. The number of aliphatic hydroxyl groups excluding tert-OH is 1. The number of nitrogens with one attached hydrogen (secondary N) is 1.